The first-order chi connectivity index (χ1) is 7.58. The molecule has 2 rings (SSSR count). The Morgan fingerprint density at radius 3 is 2.81 bits per heavy atom. The van der Waals surface area contributed by atoms with Crippen molar-refractivity contribution in [2.45, 2.75) is 18.9 Å². The first-order valence-corrected chi connectivity index (χ1v) is 5.09. The van der Waals surface area contributed by atoms with E-state index >= 15 is 0 Å². The molecule has 3 N–H and O–H groups in total. The Labute approximate surface area is 92.2 Å². The lowest BCUT2D eigenvalue weighted by molar-refractivity contribution is 0.0263. The van der Waals surface area contributed by atoms with Gasteiger partial charge in [0.05, 0.1) is 6.10 Å². The Balaban J connectivity index is 1.92. The topological polar surface area (TPSA) is 105 Å². The normalized spacial score (nSPS) is 23.9. The summed E-state index contributed by atoms with van der Waals surface area (Å²) in [5, 5.41) is 15.9. The van der Waals surface area contributed by atoms with Crippen LogP contribution in [0.4, 0.5) is 5.82 Å². The molecule has 7 nitrogen and oxygen atoms in total. The van der Waals surface area contributed by atoms with Crippen molar-refractivity contribution in [2.24, 2.45) is 5.92 Å². The van der Waals surface area contributed by atoms with Gasteiger partial charge in [0.1, 0.15) is 0 Å². The second-order valence-corrected chi connectivity index (χ2v) is 4.17. The van der Waals surface area contributed by atoms with Gasteiger partial charge in [-0.25, -0.2) is 4.63 Å². The molecule has 1 aliphatic carbocycles. The summed E-state index contributed by atoms with van der Waals surface area (Å²) in [6, 6.07) is 0. The predicted octanol–water partition coefficient (Wildman–Crippen LogP) is -0.505. The highest BCUT2D eigenvalue weighted by atomic mass is 16.6. The van der Waals surface area contributed by atoms with E-state index in [0.29, 0.717) is 12.5 Å². The predicted molar refractivity (Wildman–Crippen MR) is 54.4 cm³/mol. The zero-order chi connectivity index (χ0) is 11.7. The van der Waals surface area contributed by atoms with E-state index < -0.39 is 0 Å². The third-order valence-corrected chi connectivity index (χ3v) is 2.81. The molecular formula is C9H14N4O3. The van der Waals surface area contributed by atoms with E-state index in [-0.39, 0.29) is 23.5 Å². The lowest BCUT2D eigenvalue weighted by Crippen LogP contribution is -2.39. The van der Waals surface area contributed by atoms with Gasteiger partial charge in [-0.3, -0.25) is 4.79 Å². The summed E-state index contributed by atoms with van der Waals surface area (Å²) < 4.78 is 4.37. The van der Waals surface area contributed by atoms with Crippen molar-refractivity contribution in [3.05, 3.63) is 5.69 Å². The zero-order valence-electron chi connectivity index (χ0n) is 8.96. The van der Waals surface area contributed by atoms with Crippen LogP contribution in [0.5, 0.6) is 0 Å². The summed E-state index contributed by atoms with van der Waals surface area (Å²) in [6.07, 6.45) is 1.27. The molecule has 0 aromatic carbocycles. The van der Waals surface area contributed by atoms with Crippen LogP contribution < -0.4 is 5.73 Å². The van der Waals surface area contributed by atoms with Crippen LogP contribution in [0.2, 0.25) is 0 Å². The molecule has 1 aliphatic rings. The highest BCUT2D eigenvalue weighted by molar-refractivity contribution is 5.95. The van der Waals surface area contributed by atoms with E-state index in [1.165, 1.54) is 4.90 Å². The molecule has 0 saturated heterocycles. The minimum absolute atomic E-state index is 0.00509. The maximum absolute atomic E-state index is 11.8. The van der Waals surface area contributed by atoms with E-state index in [2.05, 4.69) is 14.9 Å². The van der Waals surface area contributed by atoms with Gasteiger partial charge in [-0.05, 0) is 29.1 Å². The largest absolute Gasteiger partial charge is 0.393 e. The summed E-state index contributed by atoms with van der Waals surface area (Å²) in [5.41, 5.74) is 5.47. The third-order valence-electron chi connectivity index (χ3n) is 2.81. The van der Waals surface area contributed by atoms with Crippen molar-refractivity contribution >= 4 is 11.7 Å². The fraction of sp³-hybridized carbons (Fsp3) is 0.667. The van der Waals surface area contributed by atoms with E-state index in [4.69, 9.17) is 10.8 Å². The van der Waals surface area contributed by atoms with Crippen LogP contribution in [0, 0.1) is 5.92 Å². The average molecular weight is 226 g/mol. The number of anilines is 1. The number of aliphatic hydroxyl groups excluding tert-OH is 1. The molecule has 7 heteroatoms. The number of amides is 1. The lowest BCUT2D eigenvalue weighted by Gasteiger charge is -2.34. The van der Waals surface area contributed by atoms with Crippen LogP contribution in [0.1, 0.15) is 23.3 Å². The van der Waals surface area contributed by atoms with Gasteiger partial charge in [-0.1, -0.05) is 0 Å². The molecule has 0 atom stereocenters. The molecule has 88 valence electrons. The second-order valence-electron chi connectivity index (χ2n) is 4.17. The number of aliphatic hydroxyl groups is 1. The number of rotatable bonds is 3. The minimum atomic E-state index is -0.305. The minimum Gasteiger partial charge on any atom is -0.393 e. The van der Waals surface area contributed by atoms with E-state index in [0.717, 1.165) is 12.8 Å². The summed E-state index contributed by atoms with van der Waals surface area (Å²) >= 11 is 0. The van der Waals surface area contributed by atoms with Crippen LogP contribution in [0.3, 0.4) is 0 Å². The van der Waals surface area contributed by atoms with Gasteiger partial charge >= 0.3 is 0 Å². The fourth-order valence-corrected chi connectivity index (χ4v) is 1.84. The Morgan fingerprint density at radius 2 is 2.31 bits per heavy atom. The van der Waals surface area contributed by atoms with Crippen molar-refractivity contribution in [1.82, 2.24) is 15.2 Å². The van der Waals surface area contributed by atoms with Gasteiger partial charge in [0, 0.05) is 13.6 Å². The van der Waals surface area contributed by atoms with Gasteiger partial charge in [0.25, 0.3) is 5.91 Å². The average Bonchev–Trinajstić information content (AvgIpc) is 2.61. The van der Waals surface area contributed by atoms with Crippen molar-refractivity contribution < 1.29 is 14.5 Å². The Hall–Kier alpha value is -1.63. The number of carbonyl (C=O) groups excluding carboxylic acids is 1. The Bertz CT molecular complexity index is 386. The van der Waals surface area contributed by atoms with Crippen LogP contribution in [-0.2, 0) is 0 Å². The summed E-state index contributed by atoms with van der Waals surface area (Å²) in [5.74, 6) is 0.0515. The van der Waals surface area contributed by atoms with Gasteiger partial charge in [0.15, 0.2) is 0 Å². The fourth-order valence-electron chi connectivity index (χ4n) is 1.84. The van der Waals surface area contributed by atoms with E-state index in [1.807, 2.05) is 0 Å². The van der Waals surface area contributed by atoms with Crippen molar-refractivity contribution in [3.8, 4) is 0 Å². The maximum Gasteiger partial charge on any atom is 0.279 e. The number of nitrogen functional groups attached to an aromatic ring is 1. The zero-order valence-corrected chi connectivity index (χ0v) is 8.96. The van der Waals surface area contributed by atoms with Crippen molar-refractivity contribution in [1.29, 1.82) is 0 Å². The lowest BCUT2D eigenvalue weighted by atomic mass is 9.82. The van der Waals surface area contributed by atoms with Crippen molar-refractivity contribution in [3.63, 3.8) is 0 Å². The summed E-state index contributed by atoms with van der Waals surface area (Å²) in [4.78, 5) is 13.3. The highest BCUT2D eigenvalue weighted by Gasteiger charge is 2.30. The molecule has 0 spiro atoms. The Morgan fingerprint density at radius 1 is 1.62 bits per heavy atom. The number of nitrogens with two attached hydrogens (primary N) is 1. The van der Waals surface area contributed by atoms with E-state index in [1.54, 1.807) is 7.05 Å². The first kappa shape index (κ1) is 10.9. The SMILES string of the molecule is CN(CC1CC(O)C1)C(=O)c1nonc1N. The second kappa shape index (κ2) is 4.09. The molecule has 0 bridgehead atoms. The first-order valence-electron chi connectivity index (χ1n) is 5.09. The molecule has 0 aliphatic heterocycles. The third kappa shape index (κ3) is 1.99. The number of hydrogen-bond acceptors (Lipinski definition) is 6. The maximum atomic E-state index is 11.8. The monoisotopic (exact) mass is 226 g/mol. The molecule has 0 radical (unpaired) electrons. The van der Waals surface area contributed by atoms with Crippen molar-refractivity contribution in [2.75, 3.05) is 19.3 Å². The Kier molecular flexibility index (Phi) is 2.78. The molecule has 1 amide bonds. The number of hydrogen-bond donors (Lipinski definition) is 2. The highest BCUT2D eigenvalue weighted by Crippen LogP contribution is 2.27. The molecule has 0 unspecified atom stereocenters. The summed E-state index contributed by atoms with van der Waals surface area (Å²) in [6.45, 7) is 0.586. The van der Waals surface area contributed by atoms with Crippen LogP contribution in [-0.4, -0.2) is 45.9 Å². The molecule has 1 aromatic rings. The number of aromatic nitrogens is 2. The number of nitrogens with zero attached hydrogens (tertiary/aromatic N) is 3. The molecule has 1 saturated carbocycles. The molecule has 16 heavy (non-hydrogen) atoms. The standard InChI is InChI=1S/C9H14N4O3/c1-13(4-5-2-6(14)3-5)9(15)7-8(10)12-16-11-7/h5-6,14H,2-4H2,1H3,(H2,10,12). The molecule has 1 fully saturated rings. The van der Waals surface area contributed by atoms with Gasteiger partial charge in [-0.2, -0.15) is 0 Å². The quantitative estimate of drug-likeness (QED) is 0.719. The molecule has 1 aromatic heterocycles. The van der Waals surface area contributed by atoms with Crippen LogP contribution >= 0.6 is 0 Å². The number of carbonyl (C=O) groups is 1. The van der Waals surface area contributed by atoms with Gasteiger partial charge < -0.3 is 15.7 Å². The van der Waals surface area contributed by atoms with Gasteiger partial charge in [-0.15, -0.1) is 0 Å². The summed E-state index contributed by atoms with van der Waals surface area (Å²) in [7, 11) is 1.67. The molecular weight excluding hydrogens is 212 g/mol. The van der Waals surface area contributed by atoms with Crippen LogP contribution in [0.25, 0.3) is 0 Å². The van der Waals surface area contributed by atoms with Gasteiger partial charge in [0.2, 0.25) is 11.5 Å². The van der Waals surface area contributed by atoms with E-state index in [9.17, 15) is 4.79 Å². The smallest absolute Gasteiger partial charge is 0.279 e. The molecule has 1 heterocycles. The van der Waals surface area contributed by atoms with Crippen LogP contribution in [0.15, 0.2) is 4.63 Å².